The number of nitrogens with two attached hydrogens (primary N) is 1. The molecule has 1 aromatic rings. The number of piperidine rings is 1. The lowest BCUT2D eigenvalue weighted by molar-refractivity contribution is 0.262. The molecule has 4 heteroatoms. The van der Waals surface area contributed by atoms with E-state index in [9.17, 15) is 0 Å². The summed E-state index contributed by atoms with van der Waals surface area (Å²) in [6.45, 7) is 2.10. The number of fused-ring (bicyclic) bond motifs is 2. The Morgan fingerprint density at radius 3 is 3.06 bits per heavy atom. The van der Waals surface area contributed by atoms with Crippen molar-refractivity contribution in [3.8, 4) is 5.75 Å². The number of rotatable bonds is 1. The van der Waals surface area contributed by atoms with Crippen molar-refractivity contribution >= 4 is 5.69 Å². The van der Waals surface area contributed by atoms with Crippen molar-refractivity contribution in [3.05, 3.63) is 23.8 Å². The van der Waals surface area contributed by atoms with Gasteiger partial charge in [0.25, 0.3) is 0 Å². The summed E-state index contributed by atoms with van der Waals surface area (Å²) >= 11 is 0. The highest BCUT2D eigenvalue weighted by atomic mass is 16.5. The number of nitrogens with zero attached hydrogens (tertiary/aromatic N) is 1. The van der Waals surface area contributed by atoms with Crippen molar-refractivity contribution in [2.75, 3.05) is 32.1 Å². The Bertz CT molecular complexity index is 449. The van der Waals surface area contributed by atoms with Crippen molar-refractivity contribution in [1.82, 2.24) is 5.32 Å². The second-order valence-corrected chi connectivity index (χ2v) is 5.29. The van der Waals surface area contributed by atoms with Crippen LogP contribution in [0.1, 0.15) is 18.0 Å². The molecule has 1 saturated heterocycles. The highest BCUT2D eigenvalue weighted by Gasteiger charge is 2.39. The fourth-order valence-electron chi connectivity index (χ4n) is 3.36. The van der Waals surface area contributed by atoms with Crippen LogP contribution in [0.15, 0.2) is 18.2 Å². The number of hydrogen-bond acceptors (Lipinski definition) is 4. The van der Waals surface area contributed by atoms with Gasteiger partial charge in [-0.05, 0) is 24.6 Å². The molecular weight excluding hydrogens is 226 g/mol. The van der Waals surface area contributed by atoms with Crippen molar-refractivity contribution < 1.29 is 4.74 Å². The van der Waals surface area contributed by atoms with Crippen LogP contribution in [-0.4, -0.2) is 33.3 Å². The molecule has 0 spiro atoms. The minimum Gasteiger partial charge on any atom is -0.497 e. The molecule has 0 saturated carbocycles. The van der Waals surface area contributed by atoms with E-state index in [0.717, 1.165) is 25.3 Å². The molecule has 0 aromatic heterocycles. The topological polar surface area (TPSA) is 50.5 Å². The standard InChI is InChI=1S/C14H21N3O/c1-17-12-5-6-16-8-11(12)14(15)10-4-3-9(18-2)7-13(10)17/h3-4,7,11-12,14,16H,5-6,8,15H2,1-2H3. The minimum absolute atomic E-state index is 0.125. The first-order chi connectivity index (χ1) is 8.72. The minimum atomic E-state index is 0.125. The van der Waals surface area contributed by atoms with Gasteiger partial charge in [-0.2, -0.15) is 0 Å². The van der Waals surface area contributed by atoms with Crippen LogP contribution in [0.5, 0.6) is 5.75 Å². The van der Waals surface area contributed by atoms with E-state index in [1.807, 2.05) is 6.07 Å². The van der Waals surface area contributed by atoms with E-state index in [4.69, 9.17) is 10.5 Å². The molecule has 0 radical (unpaired) electrons. The Balaban J connectivity index is 2.04. The molecule has 18 heavy (non-hydrogen) atoms. The number of ether oxygens (including phenoxy) is 1. The molecule has 0 bridgehead atoms. The molecule has 3 atom stereocenters. The van der Waals surface area contributed by atoms with Crippen LogP contribution < -0.4 is 20.7 Å². The van der Waals surface area contributed by atoms with Crippen LogP contribution in [0, 0.1) is 5.92 Å². The number of nitrogens with one attached hydrogen (secondary N) is 1. The SMILES string of the molecule is COc1ccc2c(c1)N(C)C1CCNCC1C2N. The number of methoxy groups -OCH3 is 1. The van der Waals surface area contributed by atoms with E-state index < -0.39 is 0 Å². The lowest BCUT2D eigenvalue weighted by Crippen LogP contribution is -2.55. The van der Waals surface area contributed by atoms with Crippen LogP contribution in [0.3, 0.4) is 0 Å². The highest BCUT2D eigenvalue weighted by molar-refractivity contribution is 5.61. The zero-order valence-corrected chi connectivity index (χ0v) is 11.0. The Morgan fingerprint density at radius 1 is 1.44 bits per heavy atom. The summed E-state index contributed by atoms with van der Waals surface area (Å²) in [4.78, 5) is 2.38. The van der Waals surface area contributed by atoms with Gasteiger partial charge in [-0.3, -0.25) is 0 Å². The molecule has 3 N–H and O–H groups in total. The maximum Gasteiger partial charge on any atom is 0.120 e. The molecule has 1 fully saturated rings. The van der Waals surface area contributed by atoms with E-state index in [2.05, 4.69) is 29.4 Å². The van der Waals surface area contributed by atoms with Crippen LogP contribution in [0.4, 0.5) is 5.69 Å². The molecule has 4 nitrogen and oxygen atoms in total. The van der Waals surface area contributed by atoms with Gasteiger partial charge >= 0.3 is 0 Å². The van der Waals surface area contributed by atoms with Crippen molar-refractivity contribution in [3.63, 3.8) is 0 Å². The summed E-state index contributed by atoms with van der Waals surface area (Å²) in [6.07, 6.45) is 1.16. The molecule has 0 amide bonds. The average Bonchev–Trinajstić information content (AvgIpc) is 2.44. The molecule has 2 aliphatic heterocycles. The van der Waals surface area contributed by atoms with Crippen molar-refractivity contribution in [2.45, 2.75) is 18.5 Å². The Labute approximate surface area is 108 Å². The molecule has 3 rings (SSSR count). The second kappa shape index (κ2) is 4.44. The molecule has 2 aliphatic rings. The molecule has 3 unspecified atom stereocenters. The first-order valence-corrected chi connectivity index (χ1v) is 6.59. The van der Waals surface area contributed by atoms with Gasteiger partial charge in [-0.15, -0.1) is 0 Å². The summed E-state index contributed by atoms with van der Waals surface area (Å²) in [5, 5.41) is 3.46. The quantitative estimate of drug-likeness (QED) is 0.781. The summed E-state index contributed by atoms with van der Waals surface area (Å²) in [5.74, 6) is 1.41. The van der Waals surface area contributed by atoms with Crippen LogP contribution >= 0.6 is 0 Å². The Hall–Kier alpha value is -1.26. The summed E-state index contributed by atoms with van der Waals surface area (Å²) in [5.41, 5.74) is 8.91. The van der Waals surface area contributed by atoms with E-state index in [1.54, 1.807) is 7.11 Å². The van der Waals surface area contributed by atoms with Gasteiger partial charge in [0.2, 0.25) is 0 Å². The van der Waals surface area contributed by atoms with Gasteiger partial charge in [0.05, 0.1) is 7.11 Å². The van der Waals surface area contributed by atoms with Gasteiger partial charge in [0, 0.05) is 43.3 Å². The van der Waals surface area contributed by atoms with Gasteiger partial charge in [0.1, 0.15) is 5.75 Å². The first-order valence-electron chi connectivity index (χ1n) is 6.59. The number of anilines is 1. The predicted octanol–water partition coefficient (Wildman–Crippen LogP) is 1.12. The highest BCUT2D eigenvalue weighted by Crippen LogP contribution is 2.41. The Kier molecular flexibility index (Phi) is 2.92. The van der Waals surface area contributed by atoms with Crippen molar-refractivity contribution in [2.24, 2.45) is 11.7 Å². The monoisotopic (exact) mass is 247 g/mol. The summed E-state index contributed by atoms with van der Waals surface area (Å²) in [6, 6.07) is 6.89. The van der Waals surface area contributed by atoms with E-state index >= 15 is 0 Å². The van der Waals surface area contributed by atoms with Crippen molar-refractivity contribution in [1.29, 1.82) is 0 Å². The van der Waals surface area contributed by atoms with Gasteiger partial charge in [-0.1, -0.05) is 6.07 Å². The first kappa shape index (κ1) is 11.8. The average molecular weight is 247 g/mol. The fourth-order valence-corrected chi connectivity index (χ4v) is 3.36. The third-order valence-electron chi connectivity index (χ3n) is 4.43. The molecule has 1 aromatic carbocycles. The second-order valence-electron chi connectivity index (χ2n) is 5.29. The van der Waals surface area contributed by atoms with Crippen LogP contribution in [0.25, 0.3) is 0 Å². The fraction of sp³-hybridized carbons (Fsp3) is 0.571. The normalized spacial score (nSPS) is 30.6. The summed E-state index contributed by atoms with van der Waals surface area (Å²) in [7, 11) is 3.88. The molecule has 0 aliphatic carbocycles. The van der Waals surface area contributed by atoms with Crippen LogP contribution in [0.2, 0.25) is 0 Å². The summed E-state index contributed by atoms with van der Waals surface area (Å²) < 4.78 is 5.32. The largest absolute Gasteiger partial charge is 0.497 e. The Morgan fingerprint density at radius 2 is 2.28 bits per heavy atom. The number of benzene rings is 1. The lowest BCUT2D eigenvalue weighted by atomic mass is 9.79. The lowest BCUT2D eigenvalue weighted by Gasteiger charge is -2.47. The zero-order chi connectivity index (χ0) is 12.7. The van der Waals surface area contributed by atoms with Gasteiger partial charge < -0.3 is 20.7 Å². The third kappa shape index (κ3) is 1.68. The molecule has 98 valence electrons. The molecule has 2 heterocycles. The van der Waals surface area contributed by atoms with E-state index in [1.165, 1.54) is 11.3 Å². The molecular formula is C14H21N3O. The number of hydrogen-bond donors (Lipinski definition) is 2. The van der Waals surface area contributed by atoms with Gasteiger partial charge in [0.15, 0.2) is 0 Å². The zero-order valence-electron chi connectivity index (χ0n) is 11.0. The van der Waals surface area contributed by atoms with E-state index in [-0.39, 0.29) is 6.04 Å². The van der Waals surface area contributed by atoms with Gasteiger partial charge in [-0.25, -0.2) is 0 Å². The maximum absolute atomic E-state index is 6.45. The van der Waals surface area contributed by atoms with E-state index in [0.29, 0.717) is 12.0 Å². The third-order valence-corrected chi connectivity index (χ3v) is 4.43. The predicted molar refractivity (Wildman–Crippen MR) is 73.1 cm³/mol. The maximum atomic E-state index is 6.45. The van der Waals surface area contributed by atoms with Crippen LogP contribution in [-0.2, 0) is 0 Å². The smallest absolute Gasteiger partial charge is 0.120 e.